The van der Waals surface area contributed by atoms with Crippen LogP contribution in [-0.2, 0) is 7.05 Å². The Morgan fingerprint density at radius 2 is 1.97 bits per heavy atom. The standard InChI is InChI=1S/C20H15ClN6O2/c1-27-10-13(8-24-27)12-6-15-16(9-23-18(15)22-7-12)19-25-26-20(29-19)17(28)11-2-4-14(21)5-3-11/h2-10,17,28H,1H3,(H,22,23). The minimum atomic E-state index is -1.04. The van der Waals surface area contributed by atoms with Crippen LogP contribution < -0.4 is 0 Å². The fraction of sp³-hybridized carbons (Fsp3) is 0.100. The molecule has 8 nitrogen and oxygen atoms in total. The average molecular weight is 407 g/mol. The Bertz CT molecular complexity index is 1300. The number of benzene rings is 1. The lowest BCUT2D eigenvalue weighted by molar-refractivity contribution is 0.183. The molecule has 2 N–H and O–H groups in total. The maximum atomic E-state index is 10.5. The number of nitrogens with one attached hydrogen (secondary N) is 1. The number of aryl methyl sites for hydroxylation is 1. The molecular formula is C20H15ClN6O2. The molecule has 0 aliphatic carbocycles. The number of halogens is 1. The second-order valence-electron chi connectivity index (χ2n) is 6.62. The molecule has 4 aromatic heterocycles. The van der Waals surface area contributed by atoms with Gasteiger partial charge in [0.1, 0.15) is 5.65 Å². The molecule has 5 aromatic rings. The first-order chi connectivity index (χ1) is 14.1. The molecule has 0 radical (unpaired) electrons. The zero-order valence-electron chi connectivity index (χ0n) is 15.2. The third-order valence-electron chi connectivity index (χ3n) is 4.66. The zero-order chi connectivity index (χ0) is 20.0. The van der Waals surface area contributed by atoms with Crippen molar-refractivity contribution in [2.24, 2.45) is 7.05 Å². The summed E-state index contributed by atoms with van der Waals surface area (Å²) in [5, 5.41) is 24.3. The molecule has 4 heterocycles. The lowest BCUT2D eigenvalue weighted by Crippen LogP contribution is -1.99. The molecule has 0 saturated carbocycles. The van der Waals surface area contributed by atoms with Crippen molar-refractivity contribution in [1.29, 1.82) is 0 Å². The van der Waals surface area contributed by atoms with Gasteiger partial charge in [-0.3, -0.25) is 4.68 Å². The van der Waals surface area contributed by atoms with Crippen LogP contribution in [0.25, 0.3) is 33.6 Å². The Balaban J connectivity index is 1.52. The van der Waals surface area contributed by atoms with Gasteiger partial charge < -0.3 is 14.5 Å². The summed E-state index contributed by atoms with van der Waals surface area (Å²) in [6, 6.07) is 8.81. The smallest absolute Gasteiger partial charge is 0.250 e. The first kappa shape index (κ1) is 17.6. The van der Waals surface area contributed by atoms with Gasteiger partial charge in [-0.2, -0.15) is 5.10 Å². The fourth-order valence-corrected chi connectivity index (χ4v) is 3.28. The highest BCUT2D eigenvalue weighted by atomic mass is 35.5. The van der Waals surface area contributed by atoms with Crippen LogP contribution in [0.15, 0.2) is 59.5 Å². The van der Waals surface area contributed by atoms with Gasteiger partial charge in [-0.15, -0.1) is 10.2 Å². The van der Waals surface area contributed by atoms with Crippen LogP contribution in [0.4, 0.5) is 0 Å². The van der Waals surface area contributed by atoms with E-state index in [4.69, 9.17) is 16.0 Å². The van der Waals surface area contributed by atoms with Gasteiger partial charge >= 0.3 is 0 Å². The fourth-order valence-electron chi connectivity index (χ4n) is 3.15. The van der Waals surface area contributed by atoms with Crippen LogP contribution in [0.3, 0.4) is 0 Å². The Hall–Kier alpha value is -3.49. The van der Waals surface area contributed by atoms with Crippen molar-refractivity contribution in [2.75, 3.05) is 0 Å². The molecule has 144 valence electrons. The van der Waals surface area contributed by atoms with E-state index in [1.54, 1.807) is 47.5 Å². The van der Waals surface area contributed by atoms with Gasteiger partial charge in [0.05, 0.1) is 11.8 Å². The van der Waals surface area contributed by atoms with Gasteiger partial charge in [0.2, 0.25) is 11.8 Å². The van der Waals surface area contributed by atoms with Gasteiger partial charge in [-0.1, -0.05) is 23.7 Å². The Kier molecular flexibility index (Phi) is 4.15. The Labute approximate surface area is 169 Å². The second kappa shape index (κ2) is 6.84. The summed E-state index contributed by atoms with van der Waals surface area (Å²) in [7, 11) is 1.86. The molecular weight excluding hydrogens is 392 g/mol. The van der Waals surface area contributed by atoms with Crippen LogP contribution in [0.2, 0.25) is 5.02 Å². The number of fused-ring (bicyclic) bond motifs is 1. The van der Waals surface area contributed by atoms with Gasteiger partial charge in [-0.05, 0) is 23.8 Å². The quantitative estimate of drug-likeness (QED) is 0.471. The zero-order valence-corrected chi connectivity index (χ0v) is 16.0. The van der Waals surface area contributed by atoms with E-state index in [1.165, 1.54) is 0 Å². The molecule has 5 rings (SSSR count). The molecule has 0 fully saturated rings. The van der Waals surface area contributed by atoms with Crippen LogP contribution in [0.5, 0.6) is 0 Å². The van der Waals surface area contributed by atoms with E-state index in [0.29, 0.717) is 27.7 Å². The summed E-state index contributed by atoms with van der Waals surface area (Å²) in [5.41, 5.74) is 3.90. The molecule has 0 spiro atoms. The maximum absolute atomic E-state index is 10.5. The highest BCUT2D eigenvalue weighted by molar-refractivity contribution is 6.30. The third-order valence-corrected chi connectivity index (χ3v) is 4.91. The van der Waals surface area contributed by atoms with Crippen molar-refractivity contribution in [3.05, 3.63) is 71.6 Å². The number of hydrogen-bond donors (Lipinski definition) is 2. The number of aromatic amines is 1. The predicted octanol–water partition coefficient (Wildman–Crippen LogP) is 3.75. The maximum Gasteiger partial charge on any atom is 0.250 e. The average Bonchev–Trinajstić information content (AvgIpc) is 3.46. The number of aliphatic hydroxyl groups is 1. The van der Waals surface area contributed by atoms with E-state index in [1.807, 2.05) is 19.3 Å². The van der Waals surface area contributed by atoms with Crippen molar-refractivity contribution in [3.63, 3.8) is 0 Å². The van der Waals surface area contributed by atoms with E-state index in [-0.39, 0.29) is 5.89 Å². The summed E-state index contributed by atoms with van der Waals surface area (Å²) in [4.78, 5) is 7.58. The summed E-state index contributed by atoms with van der Waals surface area (Å²) in [5.74, 6) is 0.400. The van der Waals surface area contributed by atoms with E-state index in [9.17, 15) is 5.11 Å². The topological polar surface area (TPSA) is 106 Å². The lowest BCUT2D eigenvalue weighted by atomic mass is 10.1. The number of hydrogen-bond acceptors (Lipinski definition) is 6. The molecule has 9 heteroatoms. The number of nitrogens with zero attached hydrogens (tertiary/aromatic N) is 5. The molecule has 1 unspecified atom stereocenters. The molecule has 0 aliphatic rings. The van der Waals surface area contributed by atoms with Gasteiger partial charge in [-0.25, -0.2) is 4.98 Å². The molecule has 0 amide bonds. The van der Waals surface area contributed by atoms with E-state index in [0.717, 1.165) is 16.5 Å². The number of pyridine rings is 1. The van der Waals surface area contributed by atoms with Crippen LogP contribution >= 0.6 is 11.6 Å². The Morgan fingerprint density at radius 3 is 2.72 bits per heavy atom. The minimum Gasteiger partial charge on any atom is -0.417 e. The normalized spacial score (nSPS) is 12.5. The Morgan fingerprint density at radius 1 is 1.14 bits per heavy atom. The van der Waals surface area contributed by atoms with E-state index < -0.39 is 6.10 Å². The van der Waals surface area contributed by atoms with Crippen molar-refractivity contribution in [3.8, 4) is 22.6 Å². The van der Waals surface area contributed by atoms with Crippen LogP contribution in [0, 0.1) is 0 Å². The van der Waals surface area contributed by atoms with Crippen LogP contribution in [0.1, 0.15) is 17.6 Å². The summed E-state index contributed by atoms with van der Waals surface area (Å²) in [6.45, 7) is 0. The summed E-state index contributed by atoms with van der Waals surface area (Å²) >= 11 is 5.90. The van der Waals surface area contributed by atoms with Gasteiger partial charge in [0.15, 0.2) is 6.10 Å². The van der Waals surface area contributed by atoms with Crippen LogP contribution in [-0.4, -0.2) is 35.1 Å². The SMILES string of the molecule is Cn1cc(-c2cnc3[nH]cc(-c4nnc(C(O)c5ccc(Cl)cc5)o4)c3c2)cn1. The number of H-pyrrole nitrogens is 1. The molecule has 0 aliphatic heterocycles. The summed E-state index contributed by atoms with van der Waals surface area (Å²) in [6.07, 6.45) is 6.20. The van der Waals surface area contributed by atoms with Crippen molar-refractivity contribution in [1.82, 2.24) is 29.9 Å². The molecule has 1 atom stereocenters. The number of aromatic nitrogens is 6. The van der Waals surface area contributed by atoms with Crippen molar-refractivity contribution >= 4 is 22.6 Å². The molecule has 0 bridgehead atoms. The molecule has 0 saturated heterocycles. The van der Waals surface area contributed by atoms with Gasteiger partial charge in [0.25, 0.3) is 0 Å². The summed E-state index contributed by atoms with van der Waals surface area (Å²) < 4.78 is 7.50. The molecule has 1 aromatic carbocycles. The molecule has 29 heavy (non-hydrogen) atoms. The second-order valence-corrected chi connectivity index (χ2v) is 7.06. The first-order valence-electron chi connectivity index (χ1n) is 8.82. The first-order valence-corrected chi connectivity index (χ1v) is 9.20. The number of rotatable bonds is 4. The highest BCUT2D eigenvalue weighted by Crippen LogP contribution is 2.32. The predicted molar refractivity (Wildman–Crippen MR) is 107 cm³/mol. The largest absolute Gasteiger partial charge is 0.417 e. The van der Waals surface area contributed by atoms with E-state index >= 15 is 0 Å². The third kappa shape index (κ3) is 3.18. The van der Waals surface area contributed by atoms with Crippen molar-refractivity contribution in [2.45, 2.75) is 6.10 Å². The minimum absolute atomic E-state index is 0.105. The van der Waals surface area contributed by atoms with Gasteiger partial charge in [0, 0.05) is 47.2 Å². The monoisotopic (exact) mass is 406 g/mol. The lowest BCUT2D eigenvalue weighted by Gasteiger charge is -2.05. The van der Waals surface area contributed by atoms with Crippen molar-refractivity contribution < 1.29 is 9.52 Å². The number of aliphatic hydroxyl groups excluding tert-OH is 1. The highest BCUT2D eigenvalue weighted by Gasteiger charge is 2.20. The van der Waals surface area contributed by atoms with E-state index in [2.05, 4.69) is 25.3 Å².